The number of aryl methyl sites for hydroxylation is 1. The molecule has 0 aliphatic rings. The summed E-state index contributed by atoms with van der Waals surface area (Å²) >= 11 is 0. The van der Waals surface area contributed by atoms with Gasteiger partial charge in [0, 0.05) is 19.1 Å². The van der Waals surface area contributed by atoms with E-state index in [0.717, 1.165) is 6.54 Å². The number of likely N-dealkylation sites (N-methyl/N-ethyl adjacent to an activating group) is 1. The van der Waals surface area contributed by atoms with Crippen molar-refractivity contribution in [3.8, 4) is 5.75 Å². The van der Waals surface area contributed by atoms with Crippen molar-refractivity contribution in [2.24, 2.45) is 0 Å². The van der Waals surface area contributed by atoms with Gasteiger partial charge in [0.05, 0.1) is 0 Å². The summed E-state index contributed by atoms with van der Waals surface area (Å²) in [7, 11) is 0. The van der Waals surface area contributed by atoms with Crippen LogP contribution in [0.25, 0.3) is 0 Å². The molecular weight excluding hydrogens is 300 g/mol. The van der Waals surface area contributed by atoms with E-state index in [9.17, 15) is 4.79 Å². The lowest BCUT2D eigenvalue weighted by molar-refractivity contribution is -0.122. The van der Waals surface area contributed by atoms with Crippen molar-refractivity contribution < 1.29 is 9.53 Å². The molecule has 1 atom stereocenters. The molecule has 2 rings (SSSR count). The normalized spacial score (nSPS) is 11.8. The van der Waals surface area contributed by atoms with Crippen LogP contribution in [-0.4, -0.2) is 19.1 Å². The smallest absolute Gasteiger partial charge is 0.257 e. The van der Waals surface area contributed by atoms with Gasteiger partial charge in [0.1, 0.15) is 5.75 Å². The Kier molecular flexibility index (Phi) is 6.82. The van der Waals surface area contributed by atoms with E-state index in [4.69, 9.17) is 4.74 Å². The minimum Gasteiger partial charge on any atom is -0.484 e. The van der Waals surface area contributed by atoms with Gasteiger partial charge in [0.25, 0.3) is 5.91 Å². The zero-order valence-electron chi connectivity index (χ0n) is 14.6. The zero-order chi connectivity index (χ0) is 17.4. The highest BCUT2D eigenvalue weighted by Crippen LogP contribution is 2.18. The highest BCUT2D eigenvalue weighted by atomic mass is 16.5. The second-order valence-corrected chi connectivity index (χ2v) is 5.85. The first kappa shape index (κ1) is 18.0. The summed E-state index contributed by atoms with van der Waals surface area (Å²) in [4.78, 5) is 11.4. The summed E-state index contributed by atoms with van der Waals surface area (Å²) in [5.74, 6) is 0.604. The highest BCUT2D eigenvalue weighted by Gasteiger charge is 2.07. The van der Waals surface area contributed by atoms with E-state index in [-0.39, 0.29) is 12.5 Å². The number of carbonyl (C=O) groups is 1. The fourth-order valence-corrected chi connectivity index (χ4v) is 2.55. The van der Waals surface area contributed by atoms with Crippen molar-refractivity contribution in [3.63, 3.8) is 0 Å². The Hall–Kier alpha value is -2.33. The van der Waals surface area contributed by atoms with Gasteiger partial charge >= 0.3 is 0 Å². The molecule has 24 heavy (non-hydrogen) atoms. The molecule has 0 saturated heterocycles. The highest BCUT2D eigenvalue weighted by molar-refractivity contribution is 5.77. The summed E-state index contributed by atoms with van der Waals surface area (Å²) in [5.41, 5.74) is 3.80. The van der Waals surface area contributed by atoms with Crippen LogP contribution >= 0.6 is 0 Å². The molecule has 0 aliphatic carbocycles. The summed E-state index contributed by atoms with van der Waals surface area (Å²) in [6, 6.07) is 16.5. The predicted octanol–water partition coefficient (Wildman–Crippen LogP) is 3.36. The van der Waals surface area contributed by atoms with E-state index in [1.165, 1.54) is 16.7 Å². The van der Waals surface area contributed by atoms with Crippen LogP contribution in [-0.2, 0) is 11.3 Å². The van der Waals surface area contributed by atoms with Crippen LogP contribution in [0.4, 0.5) is 0 Å². The topological polar surface area (TPSA) is 50.4 Å². The maximum absolute atomic E-state index is 11.4. The second-order valence-electron chi connectivity index (χ2n) is 5.85. The Morgan fingerprint density at radius 2 is 1.83 bits per heavy atom. The Balaban J connectivity index is 1.83. The number of hydrogen-bond donors (Lipinski definition) is 2. The van der Waals surface area contributed by atoms with Gasteiger partial charge in [0.2, 0.25) is 0 Å². The van der Waals surface area contributed by atoms with Crippen LogP contribution < -0.4 is 15.4 Å². The van der Waals surface area contributed by atoms with Crippen molar-refractivity contribution >= 4 is 5.91 Å². The zero-order valence-corrected chi connectivity index (χ0v) is 14.6. The number of hydrogen-bond acceptors (Lipinski definition) is 3. The molecule has 4 heteroatoms. The number of carbonyl (C=O) groups excluding carboxylic acids is 1. The third-order valence-corrected chi connectivity index (χ3v) is 3.93. The SMILES string of the molecule is CCNC(=O)COc1ccc(CN[C@H](C)c2ccccc2C)cc1. The third kappa shape index (κ3) is 5.39. The number of nitrogens with one attached hydrogen (secondary N) is 2. The van der Waals surface area contributed by atoms with Crippen LogP contribution in [0.5, 0.6) is 5.75 Å². The van der Waals surface area contributed by atoms with Gasteiger partial charge in [-0.1, -0.05) is 36.4 Å². The molecule has 0 spiro atoms. The summed E-state index contributed by atoms with van der Waals surface area (Å²) < 4.78 is 5.45. The number of benzene rings is 2. The average molecular weight is 326 g/mol. The molecule has 0 saturated carbocycles. The van der Waals surface area contributed by atoms with E-state index in [2.05, 4.69) is 48.7 Å². The number of rotatable bonds is 8. The lowest BCUT2D eigenvalue weighted by atomic mass is 10.0. The van der Waals surface area contributed by atoms with Gasteiger partial charge in [-0.25, -0.2) is 0 Å². The molecule has 0 heterocycles. The van der Waals surface area contributed by atoms with Gasteiger partial charge in [0.15, 0.2) is 6.61 Å². The predicted molar refractivity (Wildman–Crippen MR) is 97.1 cm³/mol. The van der Waals surface area contributed by atoms with Gasteiger partial charge in [-0.3, -0.25) is 4.79 Å². The Morgan fingerprint density at radius 1 is 1.12 bits per heavy atom. The van der Waals surface area contributed by atoms with Crippen molar-refractivity contribution in [1.29, 1.82) is 0 Å². The fraction of sp³-hybridized carbons (Fsp3) is 0.350. The molecule has 0 aliphatic heterocycles. The molecule has 2 aromatic carbocycles. The van der Waals surface area contributed by atoms with E-state index in [0.29, 0.717) is 18.3 Å². The minimum absolute atomic E-state index is 0.0513. The first-order valence-corrected chi connectivity index (χ1v) is 8.37. The molecule has 0 aromatic heterocycles. The summed E-state index contributed by atoms with van der Waals surface area (Å²) in [6.07, 6.45) is 0. The van der Waals surface area contributed by atoms with E-state index in [1.54, 1.807) is 0 Å². The number of amides is 1. The van der Waals surface area contributed by atoms with E-state index in [1.807, 2.05) is 31.2 Å². The summed E-state index contributed by atoms with van der Waals surface area (Å²) in [6.45, 7) is 7.64. The molecule has 0 radical (unpaired) electrons. The molecule has 4 nitrogen and oxygen atoms in total. The Bertz CT molecular complexity index is 653. The molecule has 0 bridgehead atoms. The maximum Gasteiger partial charge on any atom is 0.257 e. The van der Waals surface area contributed by atoms with Gasteiger partial charge in [-0.15, -0.1) is 0 Å². The second kappa shape index (κ2) is 9.08. The first-order valence-electron chi connectivity index (χ1n) is 8.37. The Labute approximate surface area is 144 Å². The molecule has 2 N–H and O–H groups in total. The van der Waals surface area contributed by atoms with Crippen molar-refractivity contribution in [2.45, 2.75) is 33.4 Å². The molecule has 2 aromatic rings. The minimum atomic E-state index is -0.102. The molecule has 128 valence electrons. The third-order valence-electron chi connectivity index (χ3n) is 3.93. The monoisotopic (exact) mass is 326 g/mol. The molecular formula is C20H26N2O2. The lowest BCUT2D eigenvalue weighted by Crippen LogP contribution is -2.28. The van der Waals surface area contributed by atoms with Crippen LogP contribution in [0.1, 0.15) is 36.6 Å². The van der Waals surface area contributed by atoms with Crippen LogP contribution in [0.15, 0.2) is 48.5 Å². The van der Waals surface area contributed by atoms with Crippen LogP contribution in [0.3, 0.4) is 0 Å². The van der Waals surface area contributed by atoms with Crippen molar-refractivity contribution in [2.75, 3.05) is 13.2 Å². The van der Waals surface area contributed by atoms with Gasteiger partial charge in [-0.2, -0.15) is 0 Å². The standard InChI is InChI=1S/C20H26N2O2/c1-4-21-20(23)14-24-18-11-9-17(10-12-18)13-22-16(3)19-8-6-5-7-15(19)2/h5-12,16,22H,4,13-14H2,1-3H3,(H,21,23)/t16-/m1/s1. The van der Waals surface area contributed by atoms with Crippen LogP contribution in [0, 0.1) is 6.92 Å². The van der Waals surface area contributed by atoms with Crippen molar-refractivity contribution in [1.82, 2.24) is 10.6 Å². The molecule has 1 amide bonds. The molecule has 0 fully saturated rings. The van der Waals surface area contributed by atoms with Crippen molar-refractivity contribution in [3.05, 3.63) is 65.2 Å². The quantitative estimate of drug-likeness (QED) is 0.782. The lowest BCUT2D eigenvalue weighted by Gasteiger charge is -2.16. The maximum atomic E-state index is 11.4. The Morgan fingerprint density at radius 3 is 2.50 bits per heavy atom. The van der Waals surface area contributed by atoms with Gasteiger partial charge in [-0.05, 0) is 49.6 Å². The fourth-order valence-electron chi connectivity index (χ4n) is 2.55. The average Bonchev–Trinajstić information content (AvgIpc) is 2.59. The summed E-state index contributed by atoms with van der Waals surface area (Å²) in [5, 5.41) is 6.24. The first-order chi connectivity index (χ1) is 11.6. The van der Waals surface area contributed by atoms with Crippen LogP contribution in [0.2, 0.25) is 0 Å². The van der Waals surface area contributed by atoms with E-state index >= 15 is 0 Å². The molecule has 0 unspecified atom stereocenters. The van der Waals surface area contributed by atoms with Gasteiger partial charge < -0.3 is 15.4 Å². The number of ether oxygens (including phenoxy) is 1. The van der Waals surface area contributed by atoms with E-state index < -0.39 is 0 Å². The largest absolute Gasteiger partial charge is 0.484 e.